The summed E-state index contributed by atoms with van der Waals surface area (Å²) in [6, 6.07) is 10.5. The van der Waals surface area contributed by atoms with E-state index in [1.165, 1.54) is 4.90 Å². The van der Waals surface area contributed by atoms with Crippen LogP contribution in [0.2, 0.25) is 5.15 Å². The molecule has 3 heterocycles. The molecule has 1 saturated heterocycles. The van der Waals surface area contributed by atoms with Crippen molar-refractivity contribution in [2.45, 2.75) is 38.9 Å². The second kappa shape index (κ2) is 9.27. The van der Waals surface area contributed by atoms with Crippen molar-refractivity contribution in [1.82, 2.24) is 19.4 Å². The molecule has 10 heteroatoms. The number of anilines is 1. The molecule has 1 aliphatic rings. The number of ether oxygens (including phenoxy) is 1. The third-order valence-electron chi connectivity index (χ3n) is 6.10. The van der Waals surface area contributed by atoms with E-state index in [4.69, 9.17) is 16.3 Å². The molecular formula is C23H26ClN5O4. The Hall–Kier alpha value is -3.33. The van der Waals surface area contributed by atoms with Gasteiger partial charge in [0.1, 0.15) is 16.4 Å². The summed E-state index contributed by atoms with van der Waals surface area (Å²) in [5.41, 5.74) is 1.64. The van der Waals surface area contributed by atoms with E-state index in [0.29, 0.717) is 48.1 Å². The lowest BCUT2D eigenvalue weighted by Gasteiger charge is -2.44. The number of rotatable bonds is 5. The van der Waals surface area contributed by atoms with Gasteiger partial charge in [-0.3, -0.25) is 4.57 Å². The highest BCUT2D eigenvalue weighted by Crippen LogP contribution is 2.29. The Morgan fingerprint density at radius 2 is 1.91 bits per heavy atom. The molecular weight excluding hydrogens is 446 g/mol. The molecule has 3 aromatic rings. The van der Waals surface area contributed by atoms with Crippen LogP contribution in [0.25, 0.3) is 11.0 Å². The van der Waals surface area contributed by atoms with Crippen molar-refractivity contribution in [2.24, 2.45) is 0 Å². The van der Waals surface area contributed by atoms with E-state index in [1.54, 1.807) is 23.8 Å². The summed E-state index contributed by atoms with van der Waals surface area (Å²) in [4.78, 5) is 37.2. The largest absolute Gasteiger partial charge is 0.497 e. The van der Waals surface area contributed by atoms with Gasteiger partial charge in [-0.1, -0.05) is 30.7 Å². The molecule has 2 atom stereocenters. The summed E-state index contributed by atoms with van der Waals surface area (Å²) >= 11 is 6.23. The fourth-order valence-corrected chi connectivity index (χ4v) is 4.45. The predicted molar refractivity (Wildman–Crippen MR) is 127 cm³/mol. The third kappa shape index (κ3) is 4.45. The number of hydrogen-bond acceptors (Lipinski definition) is 6. The molecule has 0 aliphatic carbocycles. The Kier molecular flexibility index (Phi) is 6.42. The molecule has 33 heavy (non-hydrogen) atoms. The van der Waals surface area contributed by atoms with E-state index in [2.05, 4.69) is 9.97 Å². The van der Waals surface area contributed by atoms with Gasteiger partial charge in [-0.05, 0) is 43.2 Å². The second-order valence-corrected chi connectivity index (χ2v) is 8.54. The Balaban J connectivity index is 1.79. The molecule has 2 aromatic heterocycles. The normalized spacial score (nSPS) is 18.5. The quantitative estimate of drug-likeness (QED) is 0.568. The highest BCUT2D eigenvalue weighted by Gasteiger charge is 2.35. The number of methoxy groups -OCH3 is 1. The molecule has 1 aromatic carbocycles. The Morgan fingerprint density at radius 3 is 2.55 bits per heavy atom. The number of fused-ring (bicyclic) bond motifs is 1. The van der Waals surface area contributed by atoms with Crippen LogP contribution in [0.1, 0.15) is 25.8 Å². The van der Waals surface area contributed by atoms with Gasteiger partial charge in [-0.15, -0.1) is 0 Å². The van der Waals surface area contributed by atoms with Crippen molar-refractivity contribution < 1.29 is 14.6 Å². The molecule has 1 fully saturated rings. The molecule has 1 N–H and O–H groups in total. The van der Waals surface area contributed by atoms with Gasteiger partial charge in [-0.25, -0.2) is 14.6 Å². The molecule has 1 aliphatic heterocycles. The maximum absolute atomic E-state index is 13.2. The van der Waals surface area contributed by atoms with Gasteiger partial charge >= 0.3 is 11.8 Å². The standard InChI is InChI=1S/C23H26ClN5O4/c1-4-16-13-27(14(2)11-28(16)23(31)32)21-20-18(9-10-19(24)25-20)29(22(30)26-21)12-15-5-7-17(33-3)8-6-15/h5-10,14,16H,4,11-13H2,1-3H3,(H,31,32)/t14?,16-/m1/s1. The van der Waals surface area contributed by atoms with Crippen LogP contribution in [0.3, 0.4) is 0 Å². The lowest BCUT2D eigenvalue weighted by Crippen LogP contribution is -2.59. The summed E-state index contributed by atoms with van der Waals surface area (Å²) in [5.74, 6) is 1.16. The van der Waals surface area contributed by atoms with Gasteiger partial charge in [0.15, 0.2) is 5.82 Å². The fourth-order valence-electron chi connectivity index (χ4n) is 4.30. The molecule has 1 amide bonds. The van der Waals surface area contributed by atoms with Gasteiger partial charge in [0.05, 0.1) is 25.2 Å². The first-order valence-electron chi connectivity index (χ1n) is 10.8. The predicted octanol–water partition coefficient (Wildman–Crippen LogP) is 3.47. The number of benzene rings is 1. The highest BCUT2D eigenvalue weighted by molar-refractivity contribution is 6.29. The van der Waals surface area contributed by atoms with E-state index >= 15 is 0 Å². The molecule has 174 valence electrons. The average molecular weight is 472 g/mol. The number of hydrogen-bond donors (Lipinski definition) is 1. The van der Waals surface area contributed by atoms with Gasteiger partial charge < -0.3 is 19.6 Å². The smallest absolute Gasteiger partial charge is 0.407 e. The van der Waals surface area contributed by atoms with Crippen molar-refractivity contribution in [2.75, 3.05) is 25.1 Å². The minimum atomic E-state index is -0.942. The SMILES string of the molecule is CC[C@@H]1CN(c2nc(=O)n(Cc3ccc(OC)cc3)c3ccc(Cl)nc23)C(C)CN1C(=O)O. The zero-order valence-electron chi connectivity index (χ0n) is 18.7. The molecule has 0 spiro atoms. The zero-order chi connectivity index (χ0) is 23.7. The maximum Gasteiger partial charge on any atom is 0.407 e. The first-order valence-corrected chi connectivity index (χ1v) is 11.2. The van der Waals surface area contributed by atoms with E-state index in [-0.39, 0.29) is 12.1 Å². The van der Waals surface area contributed by atoms with Crippen molar-refractivity contribution in [3.05, 3.63) is 57.6 Å². The van der Waals surface area contributed by atoms with Crippen molar-refractivity contribution in [3.63, 3.8) is 0 Å². The van der Waals surface area contributed by atoms with Gasteiger partial charge in [-0.2, -0.15) is 4.98 Å². The van der Waals surface area contributed by atoms with Gasteiger partial charge in [0, 0.05) is 19.1 Å². The Bertz CT molecular complexity index is 1230. The Labute approximate surface area is 196 Å². The van der Waals surface area contributed by atoms with Crippen molar-refractivity contribution in [3.8, 4) is 5.75 Å². The number of pyridine rings is 1. The molecule has 0 radical (unpaired) electrons. The monoisotopic (exact) mass is 471 g/mol. The Morgan fingerprint density at radius 1 is 1.18 bits per heavy atom. The zero-order valence-corrected chi connectivity index (χ0v) is 19.5. The number of nitrogens with zero attached hydrogens (tertiary/aromatic N) is 5. The first-order chi connectivity index (χ1) is 15.8. The van der Waals surface area contributed by atoms with Crippen molar-refractivity contribution >= 4 is 34.5 Å². The van der Waals surface area contributed by atoms with Crippen LogP contribution in [0.5, 0.6) is 5.75 Å². The summed E-state index contributed by atoms with van der Waals surface area (Å²) in [6.07, 6.45) is -0.293. The van der Waals surface area contributed by atoms with Crippen LogP contribution < -0.4 is 15.3 Å². The van der Waals surface area contributed by atoms with E-state index in [1.807, 2.05) is 43.0 Å². The minimum absolute atomic E-state index is 0.183. The van der Waals surface area contributed by atoms with Crippen LogP contribution >= 0.6 is 11.6 Å². The topological polar surface area (TPSA) is 101 Å². The van der Waals surface area contributed by atoms with Crippen molar-refractivity contribution in [1.29, 1.82) is 0 Å². The third-order valence-corrected chi connectivity index (χ3v) is 6.32. The lowest BCUT2D eigenvalue weighted by atomic mass is 10.1. The number of amides is 1. The fraction of sp³-hybridized carbons (Fsp3) is 0.391. The van der Waals surface area contributed by atoms with Crippen LogP contribution in [-0.2, 0) is 6.54 Å². The van der Waals surface area contributed by atoms with E-state index in [0.717, 1.165) is 11.3 Å². The van der Waals surface area contributed by atoms with Gasteiger partial charge in [0.2, 0.25) is 0 Å². The summed E-state index contributed by atoms with van der Waals surface area (Å²) in [6.45, 7) is 4.91. The van der Waals surface area contributed by atoms with Crippen LogP contribution in [0, 0.1) is 0 Å². The lowest BCUT2D eigenvalue weighted by molar-refractivity contribution is 0.108. The van der Waals surface area contributed by atoms with Crippen LogP contribution in [-0.4, -0.2) is 62.9 Å². The van der Waals surface area contributed by atoms with E-state index < -0.39 is 11.8 Å². The summed E-state index contributed by atoms with van der Waals surface area (Å²) in [7, 11) is 1.60. The number of carboxylic acid groups (broad SMARTS) is 1. The number of piperazine rings is 1. The average Bonchev–Trinajstić information content (AvgIpc) is 2.81. The first kappa shape index (κ1) is 22.8. The van der Waals surface area contributed by atoms with Crippen LogP contribution in [0.4, 0.5) is 10.6 Å². The maximum atomic E-state index is 13.2. The molecule has 4 rings (SSSR count). The molecule has 0 saturated carbocycles. The number of carbonyl (C=O) groups is 1. The molecule has 0 bridgehead atoms. The summed E-state index contributed by atoms with van der Waals surface area (Å²) in [5, 5.41) is 9.87. The van der Waals surface area contributed by atoms with Crippen LogP contribution in [0.15, 0.2) is 41.2 Å². The summed E-state index contributed by atoms with van der Waals surface area (Å²) < 4.78 is 6.78. The molecule has 1 unspecified atom stereocenters. The second-order valence-electron chi connectivity index (χ2n) is 8.15. The minimum Gasteiger partial charge on any atom is -0.497 e. The number of aromatic nitrogens is 3. The van der Waals surface area contributed by atoms with Gasteiger partial charge in [0.25, 0.3) is 0 Å². The number of halogens is 1. The molecule has 9 nitrogen and oxygen atoms in total. The van der Waals surface area contributed by atoms with E-state index in [9.17, 15) is 14.7 Å². The highest BCUT2D eigenvalue weighted by atomic mass is 35.5.